The number of nitrogens with zero attached hydrogens (tertiary/aromatic N) is 3. The first-order chi connectivity index (χ1) is 13.2. The lowest BCUT2D eigenvalue weighted by Gasteiger charge is -2.38. The molecule has 0 saturated carbocycles. The van der Waals surface area contributed by atoms with E-state index in [1.807, 2.05) is 32.6 Å². The number of aromatic carboxylic acids is 1. The second-order valence-corrected chi connectivity index (χ2v) is 8.36. The number of aryl methyl sites for hydroxylation is 1. The molecule has 1 aliphatic heterocycles. The van der Waals surface area contributed by atoms with Gasteiger partial charge in [-0.25, -0.2) is 14.8 Å². The van der Waals surface area contributed by atoms with Crippen LogP contribution in [0.25, 0.3) is 11.3 Å². The number of piperidine rings is 1. The first-order valence-corrected chi connectivity index (χ1v) is 9.68. The molecule has 1 fully saturated rings. The Morgan fingerprint density at radius 2 is 1.86 bits per heavy atom. The number of hydrogen-bond acceptors (Lipinski definition) is 4. The van der Waals surface area contributed by atoms with Crippen molar-refractivity contribution in [2.24, 2.45) is 5.41 Å². The van der Waals surface area contributed by atoms with E-state index < -0.39 is 11.4 Å². The van der Waals surface area contributed by atoms with Crippen LogP contribution < -0.4 is 0 Å². The van der Waals surface area contributed by atoms with Crippen molar-refractivity contribution < 1.29 is 14.7 Å². The standard InChI is InChI=1S/C22H27N3O3/c1-14-13-17(15-9-5-6-10-16(15)20(26)27)24-19(23-14)18-11-7-8-12-25(18)21(28)22(2,3)4/h5-6,9-10,13,18H,7-8,11-12H2,1-4H3,(H,26,27). The highest BCUT2D eigenvalue weighted by Crippen LogP contribution is 2.34. The lowest BCUT2D eigenvalue weighted by atomic mass is 9.91. The number of likely N-dealkylation sites (tertiary alicyclic amines) is 1. The van der Waals surface area contributed by atoms with E-state index in [9.17, 15) is 14.7 Å². The van der Waals surface area contributed by atoms with Gasteiger partial charge in [0.15, 0.2) is 5.82 Å². The van der Waals surface area contributed by atoms with Crippen molar-refractivity contribution in [3.63, 3.8) is 0 Å². The highest BCUT2D eigenvalue weighted by Gasteiger charge is 2.35. The molecular formula is C22H27N3O3. The minimum Gasteiger partial charge on any atom is -0.478 e. The Bertz CT molecular complexity index is 902. The number of carboxylic acids is 1. The molecule has 0 spiro atoms. The van der Waals surface area contributed by atoms with E-state index in [0.717, 1.165) is 25.0 Å². The van der Waals surface area contributed by atoms with Gasteiger partial charge in [0, 0.05) is 23.2 Å². The third-order valence-corrected chi connectivity index (χ3v) is 5.01. The largest absolute Gasteiger partial charge is 0.478 e. The fraction of sp³-hybridized carbons (Fsp3) is 0.455. The van der Waals surface area contributed by atoms with Crippen LogP contribution in [0.3, 0.4) is 0 Å². The molecule has 2 heterocycles. The maximum absolute atomic E-state index is 13.0. The number of aromatic nitrogens is 2. The van der Waals surface area contributed by atoms with Gasteiger partial charge in [0.2, 0.25) is 5.91 Å². The number of carbonyl (C=O) groups excluding carboxylic acids is 1. The molecule has 1 aliphatic rings. The van der Waals surface area contributed by atoms with Crippen LogP contribution >= 0.6 is 0 Å². The fourth-order valence-corrected chi connectivity index (χ4v) is 3.65. The number of carbonyl (C=O) groups is 2. The molecule has 6 heteroatoms. The molecule has 28 heavy (non-hydrogen) atoms. The summed E-state index contributed by atoms with van der Waals surface area (Å²) in [5, 5.41) is 9.52. The van der Waals surface area contributed by atoms with Crippen LogP contribution in [0.15, 0.2) is 30.3 Å². The highest BCUT2D eigenvalue weighted by atomic mass is 16.4. The van der Waals surface area contributed by atoms with E-state index in [1.54, 1.807) is 30.3 Å². The van der Waals surface area contributed by atoms with Crippen LogP contribution in [0.1, 0.15) is 68.0 Å². The summed E-state index contributed by atoms with van der Waals surface area (Å²) >= 11 is 0. The first-order valence-electron chi connectivity index (χ1n) is 9.68. The Morgan fingerprint density at radius 3 is 2.54 bits per heavy atom. The van der Waals surface area contributed by atoms with Crippen molar-refractivity contribution in [3.8, 4) is 11.3 Å². The van der Waals surface area contributed by atoms with Crippen LogP contribution in [-0.4, -0.2) is 38.4 Å². The number of hydrogen-bond donors (Lipinski definition) is 1. The lowest BCUT2D eigenvalue weighted by molar-refractivity contribution is -0.143. The van der Waals surface area contributed by atoms with E-state index in [-0.39, 0.29) is 17.5 Å². The van der Waals surface area contributed by atoms with Crippen LogP contribution in [0.5, 0.6) is 0 Å². The van der Waals surface area contributed by atoms with E-state index in [0.29, 0.717) is 23.6 Å². The quantitative estimate of drug-likeness (QED) is 0.859. The van der Waals surface area contributed by atoms with Gasteiger partial charge in [-0.15, -0.1) is 0 Å². The van der Waals surface area contributed by atoms with Gasteiger partial charge in [-0.05, 0) is 38.3 Å². The Morgan fingerprint density at radius 1 is 1.14 bits per heavy atom. The summed E-state index contributed by atoms with van der Waals surface area (Å²) in [7, 11) is 0. The summed E-state index contributed by atoms with van der Waals surface area (Å²) in [6.45, 7) is 8.34. The Hall–Kier alpha value is -2.76. The maximum atomic E-state index is 13.0. The van der Waals surface area contributed by atoms with Gasteiger partial charge in [-0.3, -0.25) is 4.79 Å². The predicted molar refractivity (Wildman–Crippen MR) is 107 cm³/mol. The summed E-state index contributed by atoms with van der Waals surface area (Å²) in [6, 6.07) is 8.45. The van der Waals surface area contributed by atoms with Crippen molar-refractivity contribution in [3.05, 3.63) is 47.4 Å². The second-order valence-electron chi connectivity index (χ2n) is 8.36. The molecule has 3 rings (SSSR count). The van der Waals surface area contributed by atoms with Gasteiger partial charge >= 0.3 is 5.97 Å². The van der Waals surface area contributed by atoms with Crippen molar-refractivity contribution in [2.75, 3.05) is 6.54 Å². The smallest absolute Gasteiger partial charge is 0.336 e. The van der Waals surface area contributed by atoms with Gasteiger partial charge in [-0.1, -0.05) is 39.0 Å². The van der Waals surface area contributed by atoms with E-state index in [4.69, 9.17) is 4.98 Å². The minimum absolute atomic E-state index is 0.0924. The summed E-state index contributed by atoms with van der Waals surface area (Å²) in [4.78, 5) is 35.8. The average molecular weight is 381 g/mol. The van der Waals surface area contributed by atoms with Crippen LogP contribution in [0, 0.1) is 12.3 Å². The van der Waals surface area contributed by atoms with Crippen molar-refractivity contribution >= 4 is 11.9 Å². The second kappa shape index (κ2) is 7.70. The van der Waals surface area contributed by atoms with E-state index in [2.05, 4.69) is 4.98 Å². The zero-order valence-corrected chi connectivity index (χ0v) is 16.9. The maximum Gasteiger partial charge on any atom is 0.336 e. The number of amides is 1. The number of rotatable bonds is 3. The van der Waals surface area contributed by atoms with Gasteiger partial charge in [0.25, 0.3) is 0 Å². The van der Waals surface area contributed by atoms with Crippen LogP contribution in [0.2, 0.25) is 0 Å². The van der Waals surface area contributed by atoms with Crippen LogP contribution in [0.4, 0.5) is 0 Å². The normalized spacial score (nSPS) is 17.4. The molecule has 1 N–H and O–H groups in total. The zero-order valence-electron chi connectivity index (χ0n) is 16.9. The fourth-order valence-electron chi connectivity index (χ4n) is 3.65. The molecule has 1 aromatic heterocycles. The van der Waals surface area contributed by atoms with Gasteiger partial charge in [0.05, 0.1) is 17.3 Å². The molecule has 0 radical (unpaired) electrons. The molecule has 2 aromatic rings. The first kappa shape index (κ1) is 20.0. The van der Waals surface area contributed by atoms with Crippen molar-refractivity contribution in [2.45, 2.75) is 53.0 Å². The van der Waals surface area contributed by atoms with Crippen LogP contribution in [-0.2, 0) is 4.79 Å². The molecule has 0 bridgehead atoms. The molecule has 1 amide bonds. The van der Waals surface area contributed by atoms with Gasteiger partial charge in [-0.2, -0.15) is 0 Å². The molecule has 1 saturated heterocycles. The average Bonchev–Trinajstić information content (AvgIpc) is 2.66. The molecule has 6 nitrogen and oxygen atoms in total. The summed E-state index contributed by atoms with van der Waals surface area (Å²) < 4.78 is 0. The van der Waals surface area contributed by atoms with E-state index >= 15 is 0 Å². The molecule has 148 valence electrons. The topological polar surface area (TPSA) is 83.4 Å². The monoisotopic (exact) mass is 381 g/mol. The summed E-state index contributed by atoms with van der Waals surface area (Å²) in [6.07, 6.45) is 2.79. The Labute approximate surface area is 165 Å². The minimum atomic E-state index is -0.990. The molecule has 1 unspecified atom stereocenters. The van der Waals surface area contributed by atoms with Gasteiger partial charge in [0.1, 0.15) is 0 Å². The molecular weight excluding hydrogens is 354 g/mol. The van der Waals surface area contributed by atoms with Crippen molar-refractivity contribution in [1.82, 2.24) is 14.9 Å². The Kier molecular flexibility index (Phi) is 5.49. The lowest BCUT2D eigenvalue weighted by Crippen LogP contribution is -2.44. The SMILES string of the molecule is Cc1cc(-c2ccccc2C(=O)O)nc(C2CCCCN2C(=O)C(C)(C)C)n1. The molecule has 1 aromatic carbocycles. The van der Waals surface area contributed by atoms with Crippen molar-refractivity contribution in [1.29, 1.82) is 0 Å². The summed E-state index contributed by atoms with van der Waals surface area (Å²) in [5.41, 5.74) is 1.63. The van der Waals surface area contributed by atoms with E-state index in [1.165, 1.54) is 0 Å². The summed E-state index contributed by atoms with van der Waals surface area (Å²) in [5.74, 6) is -0.307. The number of carboxylic acid groups (broad SMARTS) is 1. The third-order valence-electron chi connectivity index (χ3n) is 5.01. The molecule has 1 atom stereocenters. The zero-order chi connectivity index (χ0) is 20.5. The van der Waals surface area contributed by atoms with Gasteiger partial charge < -0.3 is 10.0 Å². The third kappa shape index (κ3) is 4.06. The number of benzene rings is 1. The predicted octanol–water partition coefficient (Wildman–Crippen LogP) is 4.25. The highest BCUT2D eigenvalue weighted by molar-refractivity contribution is 5.95. The molecule has 0 aliphatic carbocycles. The Balaban J connectivity index is 2.06.